The second-order valence-electron chi connectivity index (χ2n) is 6.30. The topological polar surface area (TPSA) is 85.5 Å². The van der Waals surface area contributed by atoms with Crippen LogP contribution in [0, 0.1) is 0 Å². The Morgan fingerprint density at radius 1 is 1.11 bits per heavy atom. The number of aryl methyl sites for hydroxylation is 1. The first-order chi connectivity index (χ1) is 13.0. The first-order valence-corrected chi connectivity index (χ1v) is 8.86. The first-order valence-electron chi connectivity index (χ1n) is 8.86. The predicted molar refractivity (Wildman–Crippen MR) is 104 cm³/mol. The number of nitrogens with one attached hydrogen (secondary N) is 1. The van der Waals surface area contributed by atoms with Crippen LogP contribution in [0.5, 0.6) is 5.75 Å². The van der Waals surface area contributed by atoms with Gasteiger partial charge in [-0.05, 0) is 43.3 Å². The van der Waals surface area contributed by atoms with E-state index in [0.717, 1.165) is 11.0 Å². The van der Waals surface area contributed by atoms with Gasteiger partial charge in [0.1, 0.15) is 18.5 Å². The highest BCUT2D eigenvalue weighted by molar-refractivity contribution is 5.88. The van der Waals surface area contributed by atoms with Crippen molar-refractivity contribution in [2.24, 2.45) is 0 Å². The van der Waals surface area contributed by atoms with E-state index in [1.165, 1.54) is 6.92 Å². The summed E-state index contributed by atoms with van der Waals surface area (Å²) in [6, 6.07) is 14.4. The lowest BCUT2D eigenvalue weighted by Crippen LogP contribution is -2.31. The third-order valence-corrected chi connectivity index (χ3v) is 4.25. The van der Waals surface area contributed by atoms with Crippen molar-refractivity contribution in [3.05, 3.63) is 59.0 Å². The minimum Gasteiger partial charge on any atom is -0.491 e. The Morgan fingerprint density at radius 3 is 2.33 bits per heavy atom. The van der Waals surface area contributed by atoms with E-state index in [1.807, 2.05) is 31.2 Å². The van der Waals surface area contributed by atoms with Crippen LogP contribution in [0.1, 0.15) is 13.8 Å². The summed E-state index contributed by atoms with van der Waals surface area (Å²) in [6.45, 7) is 4.13. The molecule has 0 aliphatic heterocycles. The van der Waals surface area contributed by atoms with E-state index in [2.05, 4.69) is 5.32 Å². The fourth-order valence-corrected chi connectivity index (χ4v) is 3.05. The normalized spacial score (nSPS) is 12.1. The van der Waals surface area contributed by atoms with Crippen LogP contribution in [0.15, 0.2) is 53.3 Å². The molecule has 2 N–H and O–H groups in total. The average molecular weight is 369 g/mol. The second-order valence-corrected chi connectivity index (χ2v) is 6.30. The molecule has 2 aromatic carbocycles. The number of hydrogen-bond donors (Lipinski definition) is 2. The molecule has 0 aliphatic rings. The molecule has 7 heteroatoms. The molecular weight excluding hydrogens is 346 g/mol. The Bertz CT molecular complexity index is 989. The van der Waals surface area contributed by atoms with E-state index in [0.29, 0.717) is 18.0 Å². The second kappa shape index (κ2) is 8.09. The Kier molecular flexibility index (Phi) is 5.61. The van der Waals surface area contributed by atoms with Crippen LogP contribution in [-0.4, -0.2) is 32.9 Å². The number of fused-ring (bicyclic) bond motifs is 1. The SMILES string of the molecule is CCn1c(=O)n(C[C@H](O)COc2ccc(NC(C)=O)cc2)c2ccccc21. The maximum atomic E-state index is 12.6. The molecule has 0 bridgehead atoms. The van der Waals surface area contributed by atoms with Crippen LogP contribution in [0.25, 0.3) is 11.0 Å². The molecule has 0 saturated heterocycles. The molecule has 0 unspecified atom stereocenters. The number of rotatable bonds is 7. The van der Waals surface area contributed by atoms with Gasteiger partial charge in [0, 0.05) is 19.2 Å². The number of aliphatic hydroxyl groups is 1. The quantitative estimate of drug-likeness (QED) is 0.669. The van der Waals surface area contributed by atoms with Gasteiger partial charge in [0.2, 0.25) is 5.91 Å². The first kappa shape index (κ1) is 18.7. The molecule has 0 radical (unpaired) electrons. The Labute approximate surface area is 156 Å². The highest BCUT2D eigenvalue weighted by Gasteiger charge is 2.15. The van der Waals surface area contributed by atoms with Crippen molar-refractivity contribution in [1.82, 2.24) is 9.13 Å². The van der Waals surface area contributed by atoms with E-state index < -0.39 is 6.10 Å². The highest BCUT2D eigenvalue weighted by Crippen LogP contribution is 2.17. The largest absolute Gasteiger partial charge is 0.491 e. The third-order valence-electron chi connectivity index (χ3n) is 4.25. The number of aliphatic hydroxyl groups excluding tert-OH is 1. The lowest BCUT2D eigenvalue weighted by molar-refractivity contribution is -0.114. The molecule has 142 valence electrons. The van der Waals surface area contributed by atoms with Crippen LogP contribution in [0.4, 0.5) is 5.69 Å². The molecule has 1 aromatic heterocycles. The summed E-state index contributed by atoms with van der Waals surface area (Å²) in [6.07, 6.45) is -0.839. The molecule has 0 aliphatic carbocycles. The van der Waals surface area contributed by atoms with Gasteiger partial charge in [-0.3, -0.25) is 13.9 Å². The predicted octanol–water partition coefficient (Wildman–Crippen LogP) is 2.22. The van der Waals surface area contributed by atoms with E-state index in [-0.39, 0.29) is 24.7 Å². The lowest BCUT2D eigenvalue weighted by Gasteiger charge is -2.13. The van der Waals surface area contributed by atoms with Gasteiger partial charge in [0.05, 0.1) is 17.6 Å². The maximum absolute atomic E-state index is 12.6. The van der Waals surface area contributed by atoms with Gasteiger partial charge >= 0.3 is 5.69 Å². The van der Waals surface area contributed by atoms with E-state index in [1.54, 1.807) is 33.4 Å². The summed E-state index contributed by atoms with van der Waals surface area (Å²) >= 11 is 0. The summed E-state index contributed by atoms with van der Waals surface area (Å²) in [5, 5.41) is 13.0. The highest BCUT2D eigenvalue weighted by atomic mass is 16.5. The Hall–Kier alpha value is -3.06. The number of hydrogen-bond acceptors (Lipinski definition) is 4. The van der Waals surface area contributed by atoms with Crippen molar-refractivity contribution < 1.29 is 14.6 Å². The Morgan fingerprint density at radius 2 is 1.74 bits per heavy atom. The Balaban J connectivity index is 1.67. The summed E-state index contributed by atoms with van der Waals surface area (Å²) in [5.74, 6) is 0.433. The van der Waals surface area contributed by atoms with E-state index in [9.17, 15) is 14.7 Å². The molecule has 3 rings (SSSR count). The van der Waals surface area contributed by atoms with Crippen molar-refractivity contribution >= 4 is 22.6 Å². The number of nitrogens with zero attached hydrogens (tertiary/aromatic N) is 2. The fourth-order valence-electron chi connectivity index (χ4n) is 3.05. The summed E-state index contributed by atoms with van der Waals surface area (Å²) in [7, 11) is 0. The number of benzene rings is 2. The third kappa shape index (κ3) is 4.20. The van der Waals surface area contributed by atoms with Crippen molar-refractivity contribution in [2.75, 3.05) is 11.9 Å². The van der Waals surface area contributed by atoms with Crippen molar-refractivity contribution in [3.8, 4) is 5.75 Å². The van der Waals surface area contributed by atoms with Crippen LogP contribution in [-0.2, 0) is 17.9 Å². The molecular formula is C20H23N3O4. The van der Waals surface area contributed by atoms with E-state index in [4.69, 9.17) is 4.74 Å². The number of para-hydroxylation sites is 2. The summed E-state index contributed by atoms with van der Waals surface area (Å²) in [5.41, 5.74) is 2.18. The van der Waals surface area contributed by atoms with Gasteiger partial charge in [-0.25, -0.2) is 4.79 Å². The number of amides is 1. The number of carbonyl (C=O) groups excluding carboxylic acids is 1. The van der Waals surface area contributed by atoms with E-state index >= 15 is 0 Å². The molecule has 7 nitrogen and oxygen atoms in total. The lowest BCUT2D eigenvalue weighted by atomic mass is 10.3. The molecule has 27 heavy (non-hydrogen) atoms. The number of anilines is 1. The molecule has 1 amide bonds. The van der Waals surface area contributed by atoms with Crippen molar-refractivity contribution in [1.29, 1.82) is 0 Å². The molecule has 3 aromatic rings. The molecule has 0 spiro atoms. The van der Waals surface area contributed by atoms with Gasteiger partial charge in [-0.2, -0.15) is 0 Å². The fraction of sp³-hybridized carbons (Fsp3) is 0.300. The van der Waals surface area contributed by atoms with Crippen LogP contribution < -0.4 is 15.7 Å². The zero-order valence-corrected chi connectivity index (χ0v) is 15.4. The number of aromatic nitrogens is 2. The van der Waals surface area contributed by atoms with Crippen LogP contribution in [0.2, 0.25) is 0 Å². The average Bonchev–Trinajstić information content (AvgIpc) is 2.92. The molecule has 0 saturated carbocycles. The number of imidazole rings is 1. The maximum Gasteiger partial charge on any atom is 0.329 e. The monoisotopic (exact) mass is 369 g/mol. The minimum atomic E-state index is -0.839. The summed E-state index contributed by atoms with van der Waals surface area (Å²) < 4.78 is 8.86. The van der Waals surface area contributed by atoms with Gasteiger partial charge in [-0.1, -0.05) is 12.1 Å². The van der Waals surface area contributed by atoms with Gasteiger partial charge in [0.25, 0.3) is 0 Å². The van der Waals surface area contributed by atoms with Crippen LogP contribution >= 0.6 is 0 Å². The zero-order chi connectivity index (χ0) is 19.4. The molecule has 1 heterocycles. The number of ether oxygens (including phenoxy) is 1. The molecule has 1 atom stereocenters. The van der Waals surface area contributed by atoms with Gasteiger partial charge in [-0.15, -0.1) is 0 Å². The molecule has 0 fully saturated rings. The van der Waals surface area contributed by atoms with Gasteiger partial charge < -0.3 is 15.2 Å². The standard InChI is InChI=1S/C20H23N3O4/c1-3-22-18-6-4-5-7-19(18)23(20(22)26)12-16(25)13-27-17-10-8-15(9-11-17)21-14(2)24/h4-11,16,25H,3,12-13H2,1-2H3,(H,21,24)/t16-/m0/s1. The van der Waals surface area contributed by atoms with Crippen molar-refractivity contribution in [3.63, 3.8) is 0 Å². The zero-order valence-electron chi connectivity index (χ0n) is 15.4. The van der Waals surface area contributed by atoms with Crippen molar-refractivity contribution in [2.45, 2.75) is 33.0 Å². The number of carbonyl (C=O) groups is 1. The summed E-state index contributed by atoms with van der Waals surface area (Å²) in [4.78, 5) is 23.6. The van der Waals surface area contributed by atoms with Gasteiger partial charge in [0.15, 0.2) is 0 Å². The van der Waals surface area contributed by atoms with Crippen LogP contribution in [0.3, 0.4) is 0 Å². The minimum absolute atomic E-state index is 0.0531. The smallest absolute Gasteiger partial charge is 0.329 e.